The molecule has 0 heterocycles. The van der Waals surface area contributed by atoms with Crippen molar-refractivity contribution in [2.24, 2.45) is 0 Å². The lowest BCUT2D eigenvalue weighted by Crippen LogP contribution is -2.25. The number of para-hydroxylation sites is 1. The van der Waals surface area contributed by atoms with Crippen molar-refractivity contribution in [2.45, 2.75) is 6.54 Å². The van der Waals surface area contributed by atoms with Crippen LogP contribution >= 0.6 is 0 Å². The number of anilines is 1. The van der Waals surface area contributed by atoms with Crippen molar-refractivity contribution in [2.75, 3.05) is 25.5 Å². The van der Waals surface area contributed by atoms with Crippen molar-refractivity contribution in [1.29, 1.82) is 0 Å². The summed E-state index contributed by atoms with van der Waals surface area (Å²) in [5.74, 6) is -0.472. The van der Waals surface area contributed by atoms with Crippen LogP contribution in [-0.4, -0.2) is 25.0 Å². The summed E-state index contributed by atoms with van der Waals surface area (Å²) < 4.78 is 26.5. The maximum Gasteiger partial charge on any atom is 0.146 e. The summed E-state index contributed by atoms with van der Waals surface area (Å²) in [7, 11) is 1.95. The maximum atomic E-state index is 13.4. The predicted octanol–water partition coefficient (Wildman–Crippen LogP) is 3.51. The van der Waals surface area contributed by atoms with Gasteiger partial charge in [0, 0.05) is 19.6 Å². The van der Waals surface area contributed by atoms with Crippen molar-refractivity contribution in [3.63, 3.8) is 0 Å². The van der Waals surface area contributed by atoms with E-state index < -0.39 is 0 Å². The number of benzene rings is 2. The van der Waals surface area contributed by atoms with E-state index in [9.17, 15) is 8.78 Å². The predicted molar refractivity (Wildman–Crippen MR) is 77.6 cm³/mol. The molecule has 0 amide bonds. The Morgan fingerprint density at radius 3 is 2.60 bits per heavy atom. The van der Waals surface area contributed by atoms with Crippen LogP contribution in [0.2, 0.25) is 0 Å². The average molecular weight is 276 g/mol. The lowest BCUT2D eigenvalue weighted by molar-refractivity contribution is 0.339. The highest BCUT2D eigenvalue weighted by Gasteiger charge is 2.03. The van der Waals surface area contributed by atoms with Crippen LogP contribution in [0.3, 0.4) is 0 Å². The molecule has 0 bridgehead atoms. The van der Waals surface area contributed by atoms with Crippen LogP contribution in [0.25, 0.3) is 0 Å². The third-order valence-corrected chi connectivity index (χ3v) is 3.02. The van der Waals surface area contributed by atoms with Crippen molar-refractivity contribution in [3.8, 4) is 0 Å². The van der Waals surface area contributed by atoms with E-state index >= 15 is 0 Å². The van der Waals surface area contributed by atoms with Crippen molar-refractivity contribution < 1.29 is 8.78 Å². The van der Waals surface area contributed by atoms with Gasteiger partial charge in [-0.2, -0.15) is 0 Å². The van der Waals surface area contributed by atoms with E-state index in [4.69, 9.17) is 0 Å². The fraction of sp³-hybridized carbons (Fsp3) is 0.250. The third kappa shape index (κ3) is 4.31. The van der Waals surface area contributed by atoms with Crippen LogP contribution in [0.4, 0.5) is 14.5 Å². The molecule has 0 aliphatic rings. The first kappa shape index (κ1) is 14.5. The van der Waals surface area contributed by atoms with Gasteiger partial charge in [0.2, 0.25) is 0 Å². The third-order valence-electron chi connectivity index (χ3n) is 3.02. The minimum absolute atomic E-state index is 0.222. The Labute approximate surface area is 118 Å². The van der Waals surface area contributed by atoms with Gasteiger partial charge in [-0.25, -0.2) is 8.78 Å². The standard InChI is InChI=1S/C16H18F2N2/c1-20(12-13-5-4-6-14(17)11-13)10-9-19-16-8-3-2-7-15(16)18/h2-8,11,19H,9-10,12H2,1H3. The number of hydrogen-bond acceptors (Lipinski definition) is 2. The van der Waals surface area contributed by atoms with Gasteiger partial charge in [0.15, 0.2) is 0 Å². The van der Waals surface area contributed by atoms with Crippen LogP contribution in [0.1, 0.15) is 5.56 Å². The zero-order valence-electron chi connectivity index (χ0n) is 11.4. The van der Waals surface area contributed by atoms with Gasteiger partial charge in [-0.05, 0) is 36.9 Å². The number of likely N-dealkylation sites (N-methyl/N-ethyl adjacent to an activating group) is 1. The van der Waals surface area contributed by atoms with Gasteiger partial charge >= 0.3 is 0 Å². The first-order chi connectivity index (χ1) is 9.65. The van der Waals surface area contributed by atoms with Crippen LogP contribution in [0, 0.1) is 11.6 Å². The first-order valence-electron chi connectivity index (χ1n) is 6.56. The quantitative estimate of drug-likeness (QED) is 0.868. The molecule has 0 atom stereocenters. The second-order valence-electron chi connectivity index (χ2n) is 4.77. The molecule has 20 heavy (non-hydrogen) atoms. The summed E-state index contributed by atoms with van der Waals surface area (Å²) in [5, 5.41) is 3.05. The normalized spacial score (nSPS) is 10.8. The molecule has 2 rings (SSSR count). The van der Waals surface area contributed by atoms with E-state index in [-0.39, 0.29) is 11.6 Å². The topological polar surface area (TPSA) is 15.3 Å². The molecular formula is C16H18F2N2. The van der Waals surface area contributed by atoms with Gasteiger partial charge in [0.05, 0.1) is 5.69 Å². The van der Waals surface area contributed by atoms with Gasteiger partial charge in [0.1, 0.15) is 11.6 Å². The van der Waals surface area contributed by atoms with Crippen molar-refractivity contribution in [1.82, 2.24) is 4.90 Å². The van der Waals surface area contributed by atoms with E-state index in [1.165, 1.54) is 18.2 Å². The Morgan fingerprint density at radius 1 is 1.05 bits per heavy atom. The van der Waals surface area contributed by atoms with E-state index in [0.717, 1.165) is 12.1 Å². The molecule has 0 saturated heterocycles. The SMILES string of the molecule is CN(CCNc1ccccc1F)Cc1cccc(F)c1. The van der Waals surface area contributed by atoms with Gasteiger partial charge in [-0.1, -0.05) is 24.3 Å². The van der Waals surface area contributed by atoms with Crippen LogP contribution in [-0.2, 0) is 6.54 Å². The maximum absolute atomic E-state index is 13.4. The molecule has 0 spiro atoms. The molecule has 1 N–H and O–H groups in total. The summed E-state index contributed by atoms with van der Waals surface area (Å²) in [6.07, 6.45) is 0. The Balaban J connectivity index is 1.78. The summed E-state index contributed by atoms with van der Waals surface area (Å²) in [5.41, 5.74) is 1.44. The van der Waals surface area contributed by atoms with E-state index in [1.54, 1.807) is 24.3 Å². The van der Waals surface area contributed by atoms with Crippen molar-refractivity contribution >= 4 is 5.69 Å². The second kappa shape index (κ2) is 7.01. The molecule has 106 valence electrons. The highest BCUT2D eigenvalue weighted by atomic mass is 19.1. The van der Waals surface area contributed by atoms with E-state index in [1.807, 2.05) is 13.1 Å². The first-order valence-corrected chi connectivity index (χ1v) is 6.56. The summed E-state index contributed by atoms with van der Waals surface area (Å²) in [6, 6.07) is 13.2. The zero-order valence-corrected chi connectivity index (χ0v) is 11.4. The number of nitrogens with one attached hydrogen (secondary N) is 1. The van der Waals surface area contributed by atoms with Crippen molar-refractivity contribution in [3.05, 3.63) is 65.7 Å². The minimum atomic E-state index is -0.250. The molecule has 0 aliphatic heterocycles. The molecule has 0 aromatic heterocycles. The highest BCUT2D eigenvalue weighted by Crippen LogP contribution is 2.12. The number of halogens is 2. The van der Waals surface area contributed by atoms with Crippen LogP contribution in [0.15, 0.2) is 48.5 Å². The molecule has 2 aromatic rings. The fourth-order valence-electron chi connectivity index (χ4n) is 2.01. The molecule has 0 radical (unpaired) electrons. The van der Waals surface area contributed by atoms with Gasteiger partial charge in [-0.15, -0.1) is 0 Å². The largest absolute Gasteiger partial charge is 0.381 e. The van der Waals surface area contributed by atoms with Crippen LogP contribution in [0.5, 0.6) is 0 Å². The Bertz CT molecular complexity index is 558. The Morgan fingerprint density at radius 2 is 1.85 bits per heavy atom. The lowest BCUT2D eigenvalue weighted by atomic mass is 10.2. The zero-order chi connectivity index (χ0) is 14.4. The summed E-state index contributed by atoms with van der Waals surface area (Å²) in [6.45, 7) is 2.04. The number of hydrogen-bond donors (Lipinski definition) is 1. The lowest BCUT2D eigenvalue weighted by Gasteiger charge is -2.17. The smallest absolute Gasteiger partial charge is 0.146 e. The Kier molecular flexibility index (Phi) is 5.07. The molecule has 0 aliphatic carbocycles. The fourth-order valence-corrected chi connectivity index (χ4v) is 2.01. The van der Waals surface area contributed by atoms with Gasteiger partial charge < -0.3 is 10.2 Å². The molecular weight excluding hydrogens is 258 g/mol. The van der Waals surface area contributed by atoms with Gasteiger partial charge in [-0.3, -0.25) is 0 Å². The molecule has 0 saturated carbocycles. The molecule has 2 aromatic carbocycles. The monoisotopic (exact) mass is 276 g/mol. The Hall–Kier alpha value is -1.94. The summed E-state index contributed by atoms with van der Waals surface area (Å²) >= 11 is 0. The molecule has 0 unspecified atom stereocenters. The van der Waals surface area contributed by atoms with E-state index in [2.05, 4.69) is 10.2 Å². The highest BCUT2D eigenvalue weighted by molar-refractivity contribution is 5.44. The van der Waals surface area contributed by atoms with E-state index in [0.29, 0.717) is 18.8 Å². The van der Waals surface area contributed by atoms with Crippen LogP contribution < -0.4 is 5.32 Å². The van der Waals surface area contributed by atoms with Gasteiger partial charge in [0.25, 0.3) is 0 Å². The minimum Gasteiger partial charge on any atom is -0.381 e. The molecule has 4 heteroatoms. The number of nitrogens with zero attached hydrogens (tertiary/aromatic N) is 1. The summed E-state index contributed by atoms with van der Waals surface area (Å²) in [4.78, 5) is 2.06. The molecule has 2 nitrogen and oxygen atoms in total. The average Bonchev–Trinajstić information content (AvgIpc) is 2.41. The number of rotatable bonds is 6. The second-order valence-corrected chi connectivity index (χ2v) is 4.77. The molecule has 0 fully saturated rings.